The second-order valence-corrected chi connectivity index (χ2v) is 4.10. The van der Waals surface area contributed by atoms with E-state index in [1.807, 2.05) is 0 Å². The van der Waals surface area contributed by atoms with Crippen molar-refractivity contribution >= 4 is 28.6 Å². The average Bonchev–Trinajstić information content (AvgIpc) is 2.28. The number of halogens is 5. The van der Waals surface area contributed by atoms with Crippen LogP contribution in [0, 0.1) is 3.57 Å². The van der Waals surface area contributed by atoms with Crippen molar-refractivity contribution in [2.45, 2.75) is 13.0 Å². The minimum absolute atomic E-state index is 0.0898. The highest BCUT2D eigenvalue weighted by Gasteiger charge is 2.34. The molecule has 0 aliphatic heterocycles. The molecule has 0 amide bonds. The third-order valence-corrected chi connectivity index (χ3v) is 2.54. The number of carbonyl (C=O) groups excluding carboxylic acids is 1. The number of esters is 1. The fraction of sp³-hybridized carbons (Fsp3) is 0.333. The topological polar surface area (TPSA) is 48.4 Å². The van der Waals surface area contributed by atoms with Gasteiger partial charge < -0.3 is 9.47 Å². The molecule has 1 heterocycles. The Labute approximate surface area is 112 Å². The molecule has 0 unspecified atom stereocenters. The first kappa shape index (κ1) is 14.9. The standard InChI is InChI=1S/C9H6F4INO3/c1-17-8(16)5-2-4(14)7(6(3-10)15-5)18-9(11,12)13/h2H,3H2,1H3. The molecule has 0 saturated carbocycles. The number of aromatic nitrogens is 1. The van der Waals surface area contributed by atoms with Gasteiger partial charge in [0.25, 0.3) is 0 Å². The van der Waals surface area contributed by atoms with Crippen LogP contribution in [0.4, 0.5) is 17.6 Å². The summed E-state index contributed by atoms with van der Waals surface area (Å²) in [4.78, 5) is 14.6. The predicted molar refractivity (Wildman–Crippen MR) is 59.8 cm³/mol. The van der Waals surface area contributed by atoms with Crippen molar-refractivity contribution in [1.82, 2.24) is 4.98 Å². The molecule has 0 saturated heterocycles. The predicted octanol–water partition coefficient (Wildman–Crippen LogP) is 2.84. The van der Waals surface area contributed by atoms with Gasteiger partial charge in [0.05, 0.1) is 10.7 Å². The zero-order valence-electron chi connectivity index (χ0n) is 8.85. The van der Waals surface area contributed by atoms with E-state index in [0.717, 1.165) is 13.2 Å². The molecule has 9 heteroatoms. The Morgan fingerprint density at radius 3 is 2.56 bits per heavy atom. The summed E-state index contributed by atoms with van der Waals surface area (Å²) in [6.45, 7) is -1.30. The number of carbonyl (C=O) groups is 1. The highest BCUT2D eigenvalue weighted by atomic mass is 127. The van der Waals surface area contributed by atoms with Crippen molar-refractivity contribution in [2.75, 3.05) is 7.11 Å². The maximum absolute atomic E-state index is 12.6. The first-order valence-corrected chi connectivity index (χ1v) is 5.45. The van der Waals surface area contributed by atoms with Crippen molar-refractivity contribution in [3.63, 3.8) is 0 Å². The van der Waals surface area contributed by atoms with Gasteiger partial charge in [0.2, 0.25) is 0 Å². The molecule has 0 aliphatic rings. The first-order chi connectivity index (χ1) is 8.28. The van der Waals surface area contributed by atoms with E-state index in [4.69, 9.17) is 0 Å². The Balaban J connectivity index is 3.24. The monoisotopic (exact) mass is 379 g/mol. The van der Waals surface area contributed by atoms with E-state index >= 15 is 0 Å². The number of nitrogens with zero attached hydrogens (tertiary/aromatic N) is 1. The second kappa shape index (κ2) is 5.67. The first-order valence-electron chi connectivity index (χ1n) is 4.38. The minimum Gasteiger partial charge on any atom is -0.464 e. The molecule has 0 bridgehead atoms. The lowest BCUT2D eigenvalue weighted by Crippen LogP contribution is -2.20. The molecule has 100 valence electrons. The Morgan fingerprint density at radius 1 is 1.50 bits per heavy atom. The minimum atomic E-state index is -4.96. The summed E-state index contributed by atoms with van der Waals surface area (Å²) in [5, 5.41) is 0. The number of pyridine rings is 1. The fourth-order valence-corrected chi connectivity index (χ4v) is 1.79. The Morgan fingerprint density at radius 2 is 2.11 bits per heavy atom. The lowest BCUT2D eigenvalue weighted by atomic mass is 10.3. The van der Waals surface area contributed by atoms with Crippen LogP contribution < -0.4 is 4.74 Å². The van der Waals surface area contributed by atoms with Gasteiger partial charge in [0, 0.05) is 0 Å². The maximum Gasteiger partial charge on any atom is 0.573 e. The van der Waals surface area contributed by atoms with E-state index in [-0.39, 0.29) is 9.26 Å². The molecule has 0 fully saturated rings. The highest BCUT2D eigenvalue weighted by molar-refractivity contribution is 14.1. The van der Waals surface area contributed by atoms with Gasteiger partial charge in [-0.15, -0.1) is 13.2 Å². The zero-order chi connectivity index (χ0) is 13.9. The Hall–Kier alpha value is -1.13. The zero-order valence-corrected chi connectivity index (χ0v) is 11.0. The van der Waals surface area contributed by atoms with Crippen LogP contribution in [0.2, 0.25) is 0 Å². The average molecular weight is 379 g/mol. The van der Waals surface area contributed by atoms with Crippen LogP contribution in [0.1, 0.15) is 16.2 Å². The summed E-state index contributed by atoms with van der Waals surface area (Å²) in [5.41, 5.74) is -0.899. The molecule has 1 aromatic rings. The summed E-state index contributed by atoms with van der Waals surface area (Å²) < 4.78 is 56.8. The summed E-state index contributed by atoms with van der Waals surface area (Å²) in [6, 6.07) is 1.02. The van der Waals surface area contributed by atoms with Crippen LogP contribution in [0.15, 0.2) is 6.07 Å². The van der Waals surface area contributed by atoms with Crippen LogP contribution in [-0.2, 0) is 11.4 Å². The Kier molecular flexibility index (Phi) is 4.71. The van der Waals surface area contributed by atoms with Crippen LogP contribution in [-0.4, -0.2) is 24.4 Å². The molecule has 0 N–H and O–H groups in total. The van der Waals surface area contributed by atoms with Crippen molar-refractivity contribution in [3.05, 3.63) is 21.0 Å². The van der Waals surface area contributed by atoms with Gasteiger partial charge in [0.1, 0.15) is 18.1 Å². The van der Waals surface area contributed by atoms with E-state index in [0.29, 0.717) is 0 Å². The van der Waals surface area contributed by atoms with E-state index in [2.05, 4.69) is 14.5 Å². The third kappa shape index (κ3) is 3.68. The third-order valence-electron chi connectivity index (χ3n) is 1.74. The largest absolute Gasteiger partial charge is 0.573 e. The van der Waals surface area contributed by atoms with Gasteiger partial charge in [-0.05, 0) is 28.7 Å². The number of hydrogen-bond donors (Lipinski definition) is 0. The molecular formula is C9H6F4INO3. The SMILES string of the molecule is COC(=O)c1cc(I)c(OC(F)(F)F)c(CF)n1. The van der Waals surface area contributed by atoms with E-state index < -0.39 is 30.4 Å². The summed E-state index contributed by atoms with van der Waals surface area (Å²) in [7, 11) is 1.08. The molecule has 0 aromatic carbocycles. The van der Waals surface area contributed by atoms with Gasteiger partial charge in [-0.1, -0.05) is 0 Å². The van der Waals surface area contributed by atoms with Gasteiger partial charge in [-0.2, -0.15) is 0 Å². The molecular weight excluding hydrogens is 373 g/mol. The van der Waals surface area contributed by atoms with Gasteiger partial charge >= 0.3 is 12.3 Å². The number of rotatable bonds is 3. The number of ether oxygens (including phenoxy) is 2. The molecule has 0 atom stereocenters. The second-order valence-electron chi connectivity index (χ2n) is 2.94. The van der Waals surface area contributed by atoms with E-state index in [1.54, 1.807) is 0 Å². The fourth-order valence-electron chi connectivity index (χ4n) is 1.07. The molecule has 1 aromatic heterocycles. The van der Waals surface area contributed by atoms with E-state index in [1.165, 1.54) is 22.6 Å². The molecule has 0 radical (unpaired) electrons. The normalized spacial score (nSPS) is 11.2. The van der Waals surface area contributed by atoms with Crippen molar-refractivity contribution in [1.29, 1.82) is 0 Å². The van der Waals surface area contributed by atoms with Crippen molar-refractivity contribution < 1.29 is 31.8 Å². The quantitative estimate of drug-likeness (QED) is 0.461. The molecule has 18 heavy (non-hydrogen) atoms. The number of methoxy groups -OCH3 is 1. The molecule has 0 aliphatic carbocycles. The van der Waals surface area contributed by atoms with Crippen molar-refractivity contribution in [3.8, 4) is 5.75 Å². The van der Waals surface area contributed by atoms with Crippen LogP contribution in [0.3, 0.4) is 0 Å². The molecule has 4 nitrogen and oxygen atoms in total. The summed E-state index contributed by atoms with van der Waals surface area (Å²) in [5.74, 6) is -1.63. The lowest BCUT2D eigenvalue weighted by molar-refractivity contribution is -0.275. The lowest BCUT2D eigenvalue weighted by Gasteiger charge is -2.13. The van der Waals surface area contributed by atoms with E-state index in [9.17, 15) is 22.4 Å². The summed E-state index contributed by atoms with van der Waals surface area (Å²) >= 11 is 1.49. The molecule has 0 spiro atoms. The maximum atomic E-state index is 12.6. The van der Waals surface area contributed by atoms with Gasteiger partial charge in [-0.3, -0.25) is 0 Å². The van der Waals surface area contributed by atoms with Crippen LogP contribution in [0.5, 0.6) is 5.75 Å². The van der Waals surface area contributed by atoms with Crippen molar-refractivity contribution in [2.24, 2.45) is 0 Å². The van der Waals surface area contributed by atoms with Crippen LogP contribution >= 0.6 is 22.6 Å². The smallest absolute Gasteiger partial charge is 0.464 e. The summed E-state index contributed by atoms with van der Waals surface area (Å²) in [6.07, 6.45) is -4.96. The van der Waals surface area contributed by atoms with Gasteiger partial charge in [-0.25, -0.2) is 14.2 Å². The number of alkyl halides is 4. The molecule has 1 rings (SSSR count). The number of hydrogen-bond acceptors (Lipinski definition) is 4. The highest BCUT2D eigenvalue weighted by Crippen LogP contribution is 2.31. The van der Waals surface area contributed by atoms with Crippen LogP contribution in [0.25, 0.3) is 0 Å². The van der Waals surface area contributed by atoms with Gasteiger partial charge in [0.15, 0.2) is 5.75 Å². The Bertz CT molecular complexity index is 464.